The van der Waals surface area contributed by atoms with Gasteiger partial charge < -0.3 is 4.42 Å². The predicted octanol–water partition coefficient (Wildman–Crippen LogP) is 13.3. The van der Waals surface area contributed by atoms with Crippen molar-refractivity contribution in [3.8, 4) is 33.8 Å². The minimum Gasteiger partial charge on any atom is -0.457 e. The van der Waals surface area contributed by atoms with Gasteiger partial charge in [0, 0.05) is 62.5 Å². The van der Waals surface area contributed by atoms with Gasteiger partial charge in [-0.1, -0.05) is 109 Å². The van der Waals surface area contributed by atoms with E-state index in [4.69, 9.17) is 11.0 Å². The van der Waals surface area contributed by atoms with Gasteiger partial charge in [-0.3, -0.25) is 15.0 Å². The first-order valence-corrected chi connectivity index (χ1v) is 19.0. The Morgan fingerprint density at radius 2 is 1.07 bits per heavy atom. The van der Waals surface area contributed by atoms with E-state index in [0.717, 1.165) is 29.3 Å². The van der Waals surface area contributed by atoms with Gasteiger partial charge >= 0.3 is 0 Å². The standard InChI is InChI=1S/C54H44N4O/c1-36-28-50(42-12-6-4-7-13-42)57-34-44(36)25-22-40-30-39(31-41(32-40)23-26-45-35-58-51(29-37(45)2)43-14-8-5-9-15-43)21-20-38-24-27-48(56-33-38)46-16-10-17-47-53-49(55-3)18-11-19-52(53)59-54(46)47/h4-19,24,27-35H,20-23,25-26H2,1-2H3/i20D2,21D2,22D2,23D2,25D2,26D2. The number of aromatic nitrogens is 3. The van der Waals surface area contributed by atoms with E-state index in [2.05, 4.69) is 19.8 Å². The van der Waals surface area contributed by atoms with Gasteiger partial charge in [0.15, 0.2) is 5.69 Å². The van der Waals surface area contributed by atoms with Crippen LogP contribution in [0.15, 0.2) is 163 Å². The molecule has 9 aromatic rings. The topological polar surface area (TPSA) is 56.2 Å². The monoisotopic (exact) mass is 776 g/mol. The molecule has 9 rings (SSSR count). The van der Waals surface area contributed by atoms with Crippen LogP contribution in [0, 0.1) is 20.4 Å². The summed E-state index contributed by atoms with van der Waals surface area (Å²) in [6, 6.07) is 37.9. The van der Waals surface area contributed by atoms with Gasteiger partial charge in [0.1, 0.15) is 11.2 Å². The van der Waals surface area contributed by atoms with Gasteiger partial charge in [0.25, 0.3) is 0 Å². The molecule has 0 bridgehead atoms. The summed E-state index contributed by atoms with van der Waals surface area (Å²) < 4.78 is 120. The molecular formula is C54H44N4O. The number of hydrogen-bond acceptors (Lipinski definition) is 4. The maximum absolute atomic E-state index is 9.53. The van der Waals surface area contributed by atoms with Crippen LogP contribution in [0.25, 0.3) is 60.6 Å². The smallest absolute Gasteiger partial charge is 0.198 e. The lowest BCUT2D eigenvalue weighted by atomic mass is 9.93. The molecule has 0 spiro atoms. The number of rotatable bonds is 12. The molecule has 0 amide bonds. The van der Waals surface area contributed by atoms with E-state index in [0.29, 0.717) is 61.4 Å². The highest BCUT2D eigenvalue weighted by molar-refractivity contribution is 6.14. The number of hydrogen-bond donors (Lipinski definition) is 0. The van der Waals surface area contributed by atoms with Crippen LogP contribution in [-0.4, -0.2) is 15.0 Å². The van der Waals surface area contributed by atoms with Crippen LogP contribution in [0.3, 0.4) is 0 Å². The van der Waals surface area contributed by atoms with Crippen LogP contribution < -0.4 is 0 Å². The Kier molecular flexibility index (Phi) is 7.37. The van der Waals surface area contributed by atoms with E-state index in [1.54, 1.807) is 56.3 Å². The third kappa shape index (κ3) is 8.17. The van der Waals surface area contributed by atoms with Crippen LogP contribution in [0.5, 0.6) is 0 Å². The molecule has 0 aliphatic rings. The third-order valence-electron chi connectivity index (χ3n) is 9.99. The molecule has 0 fully saturated rings. The van der Waals surface area contributed by atoms with Gasteiger partial charge in [-0.15, -0.1) is 0 Å². The highest BCUT2D eigenvalue weighted by Gasteiger charge is 2.16. The zero-order chi connectivity index (χ0) is 50.9. The molecular weight excluding hydrogens is 721 g/mol. The van der Waals surface area contributed by atoms with Crippen LogP contribution in [0.2, 0.25) is 0 Å². The number of para-hydroxylation sites is 1. The fraction of sp³-hybridized carbons (Fsp3) is 0.148. The fourth-order valence-electron chi connectivity index (χ4n) is 6.93. The van der Waals surface area contributed by atoms with E-state index in [1.807, 2.05) is 66.7 Å². The summed E-state index contributed by atoms with van der Waals surface area (Å²) in [5.41, 5.74) is 3.27. The van der Waals surface area contributed by atoms with Gasteiger partial charge in [-0.25, -0.2) is 4.85 Å². The molecule has 0 unspecified atom stereocenters. The largest absolute Gasteiger partial charge is 0.457 e. The molecule has 5 aromatic carbocycles. The number of nitrogens with zero attached hydrogens (tertiary/aromatic N) is 4. The quantitative estimate of drug-likeness (QED) is 0.116. The second-order valence-electron chi connectivity index (χ2n) is 14.0. The molecule has 0 atom stereocenters. The molecule has 0 aliphatic heterocycles. The lowest BCUT2D eigenvalue weighted by molar-refractivity contribution is 0.670. The molecule has 0 radical (unpaired) electrons. The number of fused-ring (bicyclic) bond motifs is 3. The van der Waals surface area contributed by atoms with Crippen molar-refractivity contribution in [1.29, 1.82) is 0 Å². The third-order valence-corrected chi connectivity index (χ3v) is 9.99. The molecule has 5 heteroatoms. The van der Waals surface area contributed by atoms with Crippen molar-refractivity contribution < 1.29 is 20.9 Å². The van der Waals surface area contributed by atoms with Crippen LogP contribution in [0.1, 0.15) is 61.0 Å². The Labute approximate surface area is 362 Å². The van der Waals surface area contributed by atoms with Crippen molar-refractivity contribution in [2.75, 3.05) is 0 Å². The molecule has 4 heterocycles. The Bertz CT molecular complexity index is 3410. The first-order valence-electron chi connectivity index (χ1n) is 25.0. The van der Waals surface area contributed by atoms with Crippen molar-refractivity contribution in [3.63, 3.8) is 0 Å². The second kappa shape index (κ2) is 16.7. The molecule has 286 valence electrons. The SMILES string of the molecule is [2H]C([2H])(c1ccc(-c2cccc3c2oc2cccc([N+]#[C-])c23)nc1)C([2H])([2H])c1cc(C([2H])([2H])C([2H])([2H])c2cnc(-c3ccccc3)cc2C)cc(C([2H])([2H])C([2H])([2H])c2cnc(-c3ccccc3)cc2C)c1. The number of pyridine rings is 3. The van der Waals surface area contributed by atoms with Crippen molar-refractivity contribution >= 4 is 27.6 Å². The van der Waals surface area contributed by atoms with E-state index < -0.39 is 54.9 Å². The van der Waals surface area contributed by atoms with Crippen LogP contribution in [0.4, 0.5) is 5.69 Å². The van der Waals surface area contributed by atoms with Crippen molar-refractivity contribution in [1.82, 2.24) is 15.0 Å². The highest BCUT2D eigenvalue weighted by atomic mass is 16.3. The zero-order valence-electron chi connectivity index (χ0n) is 44.2. The summed E-state index contributed by atoms with van der Waals surface area (Å²) in [5, 5.41) is 1.31. The van der Waals surface area contributed by atoms with Gasteiger partial charge in [-0.2, -0.15) is 0 Å². The molecule has 59 heavy (non-hydrogen) atoms. The number of furan rings is 1. The first-order chi connectivity index (χ1) is 33.5. The Balaban J connectivity index is 1.15. The Hall–Kier alpha value is -7.16. The second-order valence-corrected chi connectivity index (χ2v) is 14.0. The van der Waals surface area contributed by atoms with Crippen molar-refractivity contribution in [2.45, 2.75) is 52.1 Å². The zero-order valence-corrected chi connectivity index (χ0v) is 32.2. The maximum Gasteiger partial charge on any atom is 0.198 e. The number of benzene rings is 5. The Morgan fingerprint density at radius 1 is 0.525 bits per heavy atom. The number of aryl methyl sites for hydroxylation is 8. The predicted molar refractivity (Wildman–Crippen MR) is 241 cm³/mol. The molecule has 0 saturated heterocycles. The van der Waals surface area contributed by atoms with E-state index in [1.165, 1.54) is 30.7 Å². The molecule has 0 saturated carbocycles. The van der Waals surface area contributed by atoms with E-state index >= 15 is 0 Å². The lowest BCUT2D eigenvalue weighted by Gasteiger charge is -2.13. The molecule has 5 nitrogen and oxygen atoms in total. The minimum atomic E-state index is -3.12. The molecule has 0 N–H and O–H groups in total. The average molecular weight is 777 g/mol. The summed E-state index contributed by atoms with van der Waals surface area (Å²) in [5.74, 6) is 0. The van der Waals surface area contributed by atoms with Crippen molar-refractivity contribution in [3.05, 3.63) is 214 Å². The van der Waals surface area contributed by atoms with Gasteiger partial charge in [0.05, 0.1) is 23.7 Å². The van der Waals surface area contributed by atoms with Crippen LogP contribution in [-0.2, 0) is 38.2 Å². The lowest BCUT2D eigenvalue weighted by Crippen LogP contribution is -2.02. The van der Waals surface area contributed by atoms with Gasteiger partial charge in [0.2, 0.25) is 0 Å². The molecule has 0 aliphatic carbocycles. The van der Waals surface area contributed by atoms with Gasteiger partial charge in [-0.05, 0) is 127 Å². The fourth-order valence-corrected chi connectivity index (χ4v) is 6.93. The first kappa shape index (κ1) is 26.0. The summed E-state index contributed by atoms with van der Waals surface area (Å²) in [7, 11) is 0. The van der Waals surface area contributed by atoms with Crippen LogP contribution >= 0.6 is 0 Å². The average Bonchev–Trinajstić information content (AvgIpc) is 3.76. The molecule has 4 aromatic heterocycles. The normalized spacial score (nSPS) is 15.7. The summed E-state index contributed by atoms with van der Waals surface area (Å²) >= 11 is 0. The highest BCUT2D eigenvalue weighted by Crippen LogP contribution is 2.39. The van der Waals surface area contributed by atoms with E-state index in [-0.39, 0.29) is 16.7 Å². The summed E-state index contributed by atoms with van der Waals surface area (Å²) in [4.78, 5) is 17.1. The maximum atomic E-state index is 9.53. The Morgan fingerprint density at radius 3 is 1.61 bits per heavy atom. The van der Waals surface area contributed by atoms with Crippen molar-refractivity contribution in [2.24, 2.45) is 0 Å². The minimum absolute atomic E-state index is 0.137. The summed E-state index contributed by atoms with van der Waals surface area (Å²) in [6.45, 7) is 10.9. The summed E-state index contributed by atoms with van der Waals surface area (Å²) in [6.07, 6.45) is -14.5. The van der Waals surface area contributed by atoms with E-state index in [9.17, 15) is 16.4 Å².